The van der Waals surface area contributed by atoms with Crippen molar-refractivity contribution in [2.45, 2.75) is 25.0 Å². The van der Waals surface area contributed by atoms with Gasteiger partial charge in [0.15, 0.2) is 0 Å². The van der Waals surface area contributed by atoms with Crippen molar-refractivity contribution >= 4 is 5.91 Å². The number of piperidine rings is 1. The van der Waals surface area contributed by atoms with E-state index < -0.39 is 6.10 Å². The van der Waals surface area contributed by atoms with Gasteiger partial charge in [0, 0.05) is 26.7 Å². The van der Waals surface area contributed by atoms with Crippen molar-refractivity contribution in [3.05, 3.63) is 0 Å². The van der Waals surface area contributed by atoms with Gasteiger partial charge >= 0.3 is 0 Å². The van der Waals surface area contributed by atoms with Gasteiger partial charge < -0.3 is 25.2 Å². The third-order valence-electron chi connectivity index (χ3n) is 2.97. The monoisotopic (exact) mass is 246 g/mol. The number of nitrogens with zero attached hydrogens (tertiary/aromatic N) is 1. The van der Waals surface area contributed by atoms with Crippen LogP contribution in [0.4, 0.5) is 0 Å². The summed E-state index contributed by atoms with van der Waals surface area (Å²) in [5.41, 5.74) is 5.46. The van der Waals surface area contributed by atoms with Crippen LogP contribution in [0.15, 0.2) is 0 Å². The number of carbonyl (C=O) groups excluding carboxylic acids is 1. The molecule has 1 aliphatic heterocycles. The lowest BCUT2D eigenvalue weighted by molar-refractivity contribution is -0.144. The normalized spacial score (nSPS) is 19.4. The molecule has 0 bridgehead atoms. The van der Waals surface area contributed by atoms with Crippen LogP contribution in [0.3, 0.4) is 0 Å². The first-order valence-electron chi connectivity index (χ1n) is 5.97. The number of likely N-dealkylation sites (tertiary alicyclic amines) is 1. The largest absolute Gasteiger partial charge is 0.394 e. The van der Waals surface area contributed by atoms with Crippen LogP contribution >= 0.6 is 0 Å². The molecule has 0 aromatic carbocycles. The second-order valence-corrected chi connectivity index (χ2v) is 4.08. The number of nitrogens with two attached hydrogens (primary N) is 1. The second kappa shape index (κ2) is 7.60. The Hall–Kier alpha value is -0.690. The van der Waals surface area contributed by atoms with Crippen molar-refractivity contribution in [3.8, 4) is 0 Å². The Labute approximate surface area is 102 Å². The fourth-order valence-corrected chi connectivity index (χ4v) is 1.96. The molecule has 0 aromatic heterocycles. The number of methoxy groups -OCH3 is 1. The predicted octanol–water partition coefficient (Wildman–Crippen LogP) is -1.04. The number of carbonyl (C=O) groups is 1. The van der Waals surface area contributed by atoms with E-state index in [9.17, 15) is 4.79 Å². The summed E-state index contributed by atoms with van der Waals surface area (Å²) in [5.74, 6) is -0.0457. The molecule has 1 aliphatic rings. The molecule has 1 amide bonds. The summed E-state index contributed by atoms with van der Waals surface area (Å²) in [6, 6.07) is 0. The van der Waals surface area contributed by atoms with Crippen LogP contribution in [0.5, 0.6) is 0 Å². The smallest absolute Gasteiger partial charge is 0.253 e. The van der Waals surface area contributed by atoms with Crippen LogP contribution in [0, 0.1) is 0 Å². The Balaban J connectivity index is 2.33. The second-order valence-electron chi connectivity index (χ2n) is 4.08. The Morgan fingerprint density at radius 3 is 2.65 bits per heavy atom. The predicted molar refractivity (Wildman–Crippen MR) is 62.5 cm³/mol. The third-order valence-corrected chi connectivity index (χ3v) is 2.97. The van der Waals surface area contributed by atoms with Gasteiger partial charge in [-0.25, -0.2) is 0 Å². The van der Waals surface area contributed by atoms with Crippen molar-refractivity contribution in [2.24, 2.45) is 5.73 Å². The first kappa shape index (κ1) is 14.4. The van der Waals surface area contributed by atoms with Gasteiger partial charge in [0.05, 0.1) is 19.3 Å². The Bertz CT molecular complexity index is 226. The van der Waals surface area contributed by atoms with E-state index in [4.69, 9.17) is 20.3 Å². The Morgan fingerprint density at radius 2 is 2.18 bits per heavy atom. The maximum Gasteiger partial charge on any atom is 0.253 e. The van der Waals surface area contributed by atoms with Crippen molar-refractivity contribution < 1.29 is 19.4 Å². The Kier molecular flexibility index (Phi) is 6.43. The summed E-state index contributed by atoms with van der Waals surface area (Å²) in [6.45, 7) is 1.93. The van der Waals surface area contributed by atoms with E-state index >= 15 is 0 Å². The molecule has 0 aliphatic carbocycles. The van der Waals surface area contributed by atoms with Crippen LogP contribution in [-0.4, -0.2) is 68.1 Å². The molecule has 6 nitrogen and oxygen atoms in total. The highest BCUT2D eigenvalue weighted by atomic mass is 16.5. The molecule has 0 radical (unpaired) electrons. The highest BCUT2D eigenvalue weighted by molar-refractivity contribution is 5.81. The maximum absolute atomic E-state index is 11.9. The lowest BCUT2D eigenvalue weighted by Gasteiger charge is -2.33. The molecule has 1 heterocycles. The molecule has 0 saturated carbocycles. The number of aliphatic hydroxyl groups is 1. The molecule has 17 heavy (non-hydrogen) atoms. The van der Waals surface area contributed by atoms with Gasteiger partial charge in [-0.2, -0.15) is 0 Å². The lowest BCUT2D eigenvalue weighted by Crippen LogP contribution is -2.48. The fourth-order valence-electron chi connectivity index (χ4n) is 1.96. The van der Waals surface area contributed by atoms with E-state index in [1.54, 1.807) is 4.90 Å². The van der Waals surface area contributed by atoms with Crippen LogP contribution in [0.25, 0.3) is 0 Å². The van der Waals surface area contributed by atoms with E-state index in [1.807, 2.05) is 0 Å². The maximum atomic E-state index is 11.9. The van der Waals surface area contributed by atoms with E-state index in [1.165, 1.54) is 7.11 Å². The van der Waals surface area contributed by atoms with Gasteiger partial charge in [-0.05, 0) is 12.8 Å². The molecule has 1 saturated heterocycles. The lowest BCUT2D eigenvalue weighted by atomic mass is 10.1. The van der Waals surface area contributed by atoms with Gasteiger partial charge in [-0.3, -0.25) is 4.79 Å². The quantitative estimate of drug-likeness (QED) is 0.625. The molecular formula is C11H22N2O4. The molecule has 0 aromatic rings. The van der Waals surface area contributed by atoms with Crippen molar-refractivity contribution in [2.75, 3.05) is 40.0 Å². The van der Waals surface area contributed by atoms with Crippen LogP contribution < -0.4 is 5.73 Å². The summed E-state index contributed by atoms with van der Waals surface area (Å²) >= 11 is 0. The third kappa shape index (κ3) is 4.23. The topological polar surface area (TPSA) is 85.0 Å². The van der Waals surface area contributed by atoms with Crippen molar-refractivity contribution in [1.82, 2.24) is 4.90 Å². The minimum atomic E-state index is -0.537. The van der Waals surface area contributed by atoms with Crippen molar-refractivity contribution in [1.29, 1.82) is 0 Å². The molecular weight excluding hydrogens is 224 g/mol. The molecule has 6 heteroatoms. The Morgan fingerprint density at radius 1 is 1.53 bits per heavy atom. The average molecular weight is 246 g/mol. The molecule has 3 N–H and O–H groups in total. The SMILES string of the molecule is COC(CN)C(=O)N1CCC(OCCO)CC1. The number of aliphatic hydroxyl groups excluding tert-OH is 1. The van der Waals surface area contributed by atoms with Gasteiger partial charge in [0.1, 0.15) is 6.10 Å². The summed E-state index contributed by atoms with van der Waals surface area (Å²) in [7, 11) is 1.49. The highest BCUT2D eigenvalue weighted by Gasteiger charge is 2.27. The zero-order chi connectivity index (χ0) is 12.7. The highest BCUT2D eigenvalue weighted by Crippen LogP contribution is 2.14. The molecule has 1 atom stereocenters. The van der Waals surface area contributed by atoms with Gasteiger partial charge in [0.2, 0.25) is 0 Å². The van der Waals surface area contributed by atoms with E-state index in [-0.39, 0.29) is 25.2 Å². The first-order chi connectivity index (χ1) is 8.22. The van der Waals surface area contributed by atoms with Crippen LogP contribution in [0.1, 0.15) is 12.8 Å². The standard InChI is InChI=1S/C11H22N2O4/c1-16-10(8-12)11(15)13-4-2-9(3-5-13)17-7-6-14/h9-10,14H,2-8,12H2,1H3. The summed E-state index contributed by atoms with van der Waals surface area (Å²) in [5, 5.41) is 8.65. The average Bonchev–Trinajstić information content (AvgIpc) is 2.38. The molecule has 0 spiro atoms. The summed E-state index contributed by atoms with van der Waals surface area (Å²) in [6.07, 6.45) is 1.20. The van der Waals surface area contributed by atoms with Gasteiger partial charge in [-0.1, -0.05) is 0 Å². The number of hydrogen-bond donors (Lipinski definition) is 2. The molecule has 1 unspecified atom stereocenters. The van der Waals surface area contributed by atoms with Gasteiger partial charge in [-0.15, -0.1) is 0 Å². The minimum Gasteiger partial charge on any atom is -0.394 e. The zero-order valence-corrected chi connectivity index (χ0v) is 10.3. The number of amides is 1. The number of hydrogen-bond acceptors (Lipinski definition) is 5. The van der Waals surface area contributed by atoms with Gasteiger partial charge in [0.25, 0.3) is 5.91 Å². The van der Waals surface area contributed by atoms with Crippen molar-refractivity contribution in [3.63, 3.8) is 0 Å². The minimum absolute atomic E-state index is 0.0397. The number of rotatable bonds is 6. The van der Waals surface area contributed by atoms with Crippen LogP contribution in [0.2, 0.25) is 0 Å². The number of ether oxygens (including phenoxy) is 2. The zero-order valence-electron chi connectivity index (χ0n) is 10.3. The van der Waals surface area contributed by atoms with E-state index in [2.05, 4.69) is 0 Å². The first-order valence-corrected chi connectivity index (χ1v) is 5.97. The summed E-state index contributed by atoms with van der Waals surface area (Å²) < 4.78 is 10.5. The molecule has 1 fully saturated rings. The van der Waals surface area contributed by atoms with E-state index in [0.717, 1.165) is 12.8 Å². The van der Waals surface area contributed by atoms with Crippen LogP contribution in [-0.2, 0) is 14.3 Å². The fraction of sp³-hybridized carbons (Fsp3) is 0.909. The summed E-state index contributed by atoms with van der Waals surface area (Å²) in [4.78, 5) is 13.7. The molecule has 100 valence electrons. The van der Waals surface area contributed by atoms with E-state index in [0.29, 0.717) is 19.7 Å². The molecule has 1 rings (SSSR count).